The summed E-state index contributed by atoms with van der Waals surface area (Å²) in [4.78, 5) is 25.8. The summed E-state index contributed by atoms with van der Waals surface area (Å²) in [5.41, 5.74) is 4.04. The fourth-order valence-corrected chi connectivity index (χ4v) is 5.33. The molecule has 208 valence electrons. The van der Waals surface area contributed by atoms with Crippen molar-refractivity contribution in [3.8, 4) is 11.4 Å². The van der Waals surface area contributed by atoms with E-state index in [9.17, 15) is 14.0 Å². The van der Waals surface area contributed by atoms with Crippen LogP contribution in [0, 0.1) is 6.92 Å². The molecule has 7 nitrogen and oxygen atoms in total. The first kappa shape index (κ1) is 29.5. The quantitative estimate of drug-likeness (QED) is 0.222. The van der Waals surface area contributed by atoms with E-state index >= 15 is 0 Å². The van der Waals surface area contributed by atoms with Gasteiger partial charge in [0.1, 0.15) is 22.3 Å². The van der Waals surface area contributed by atoms with Crippen LogP contribution in [0.5, 0.6) is 5.75 Å². The fourth-order valence-electron chi connectivity index (χ4n) is 4.59. The number of amides is 2. The highest BCUT2D eigenvalue weighted by Crippen LogP contribution is 2.33. The molecule has 11 heteroatoms. The molecule has 0 saturated carbocycles. The van der Waals surface area contributed by atoms with Crippen molar-refractivity contribution in [3.63, 3.8) is 0 Å². The molecule has 0 fully saturated rings. The van der Waals surface area contributed by atoms with Crippen LogP contribution in [0.1, 0.15) is 46.4 Å². The van der Waals surface area contributed by atoms with Crippen molar-refractivity contribution in [2.45, 2.75) is 50.2 Å². The van der Waals surface area contributed by atoms with Gasteiger partial charge < -0.3 is 15.4 Å². The van der Waals surface area contributed by atoms with Gasteiger partial charge in [0.25, 0.3) is 5.91 Å². The first-order chi connectivity index (χ1) is 18.6. The molecule has 2 heterocycles. The van der Waals surface area contributed by atoms with Gasteiger partial charge >= 0.3 is 0 Å². The maximum Gasteiger partial charge on any atom is 0.257 e. The number of halogens is 1. The number of aryl methyl sites for hydroxylation is 2. The highest BCUT2D eigenvalue weighted by Gasteiger charge is 2.32. The van der Waals surface area contributed by atoms with E-state index in [0.717, 1.165) is 35.4 Å². The van der Waals surface area contributed by atoms with E-state index in [2.05, 4.69) is 29.1 Å². The summed E-state index contributed by atoms with van der Waals surface area (Å²) in [6.45, 7) is 2.43. The Morgan fingerprint density at radius 2 is 2.08 bits per heavy atom. The number of carbonyl (C=O) groups is 2. The van der Waals surface area contributed by atoms with Crippen LogP contribution in [0.3, 0.4) is 0 Å². The van der Waals surface area contributed by atoms with Crippen LogP contribution in [-0.2, 0) is 17.6 Å². The molecule has 2 aromatic carbocycles. The minimum Gasteiger partial charge on any atom is -0.494 e. The van der Waals surface area contributed by atoms with Crippen LogP contribution >= 0.6 is 30.2 Å². The number of anilines is 1. The number of ether oxygens (including phenoxy) is 1. The van der Waals surface area contributed by atoms with Crippen molar-refractivity contribution >= 4 is 47.9 Å². The molecule has 2 N–H and O–H groups in total. The third-order valence-electron chi connectivity index (χ3n) is 6.39. The third-order valence-corrected chi connectivity index (χ3v) is 7.52. The molecular formula is C28H35FN4O3P2S. The Labute approximate surface area is 237 Å². The van der Waals surface area contributed by atoms with Gasteiger partial charge in [0, 0.05) is 12.5 Å². The van der Waals surface area contributed by atoms with E-state index < -0.39 is 5.15 Å². The van der Waals surface area contributed by atoms with Gasteiger partial charge in [-0.25, -0.2) is 9.07 Å². The molecule has 0 radical (unpaired) electrons. The normalized spacial score (nSPS) is 15.0. The largest absolute Gasteiger partial charge is 0.494 e. The van der Waals surface area contributed by atoms with Gasteiger partial charge in [-0.15, -0.1) is 0 Å². The van der Waals surface area contributed by atoms with Crippen molar-refractivity contribution in [1.29, 1.82) is 0 Å². The minimum absolute atomic E-state index is 0.0908. The number of aromatic nitrogens is 2. The Morgan fingerprint density at radius 1 is 1.28 bits per heavy atom. The first-order valence-corrected chi connectivity index (χ1v) is 15.4. The van der Waals surface area contributed by atoms with Gasteiger partial charge in [-0.2, -0.15) is 16.9 Å². The monoisotopic (exact) mass is 588 g/mol. The van der Waals surface area contributed by atoms with Gasteiger partial charge in [-0.1, -0.05) is 42.7 Å². The third kappa shape index (κ3) is 8.26. The first-order valence-electron chi connectivity index (χ1n) is 12.9. The van der Waals surface area contributed by atoms with Gasteiger partial charge in [0.15, 0.2) is 0 Å². The van der Waals surface area contributed by atoms with Gasteiger partial charge in [-0.05, 0) is 74.3 Å². The molecule has 2 unspecified atom stereocenters. The molecule has 39 heavy (non-hydrogen) atoms. The lowest BCUT2D eigenvalue weighted by atomic mass is 9.96. The topological polar surface area (TPSA) is 85.2 Å². The van der Waals surface area contributed by atoms with E-state index in [0.29, 0.717) is 42.9 Å². The highest BCUT2D eigenvalue weighted by atomic mass is 32.2. The number of thioether (sulfide) groups is 1. The lowest BCUT2D eigenvalue weighted by Crippen LogP contribution is -2.41. The number of hydrogen-bond donors (Lipinski definition) is 2. The van der Waals surface area contributed by atoms with Crippen molar-refractivity contribution in [3.05, 3.63) is 70.9 Å². The second-order valence-corrected chi connectivity index (χ2v) is 13.3. The summed E-state index contributed by atoms with van der Waals surface area (Å²) < 4.78 is 21.1. The standard InChI is InChI=1S/C28H35FN4O3P2S/c1-18-6-3-8-21(14-18)33-26(31-24(34)17-39-2)25-23(32-33)16-20(30-27(25)35)11-10-19-7-4-9-22(15-19)36-13-5-12-28(29,37)38/h3-4,6-9,14-15,20H,5,10-13,16-17,37-38H2,1-2H3,(H,30,35)(H,31,34)/t20-/m0/s1. The minimum atomic E-state index is -1.35. The average molecular weight is 589 g/mol. The molecule has 1 aliphatic heterocycles. The molecule has 0 saturated heterocycles. The number of hydrogen-bond acceptors (Lipinski definition) is 5. The van der Waals surface area contributed by atoms with Crippen LogP contribution in [0.2, 0.25) is 0 Å². The van der Waals surface area contributed by atoms with Crippen molar-refractivity contribution < 1.29 is 18.7 Å². The lowest BCUT2D eigenvalue weighted by Gasteiger charge is -2.23. The summed E-state index contributed by atoms with van der Waals surface area (Å²) in [6, 6.07) is 15.6. The molecule has 3 atom stereocenters. The van der Waals surface area contributed by atoms with Crippen molar-refractivity contribution in [2.75, 3.05) is 23.9 Å². The summed E-state index contributed by atoms with van der Waals surface area (Å²) in [5, 5.41) is 9.47. The number of carbonyl (C=O) groups excluding carboxylic acids is 2. The highest BCUT2D eigenvalue weighted by molar-refractivity contribution is 7.99. The number of nitrogens with one attached hydrogen (secondary N) is 2. The van der Waals surface area contributed by atoms with Gasteiger partial charge in [-0.3, -0.25) is 9.59 Å². The Kier molecular flexibility index (Phi) is 10.0. The predicted molar refractivity (Wildman–Crippen MR) is 163 cm³/mol. The van der Waals surface area contributed by atoms with Gasteiger partial charge in [0.2, 0.25) is 5.91 Å². The Hall–Kier alpha value is -2.47. The summed E-state index contributed by atoms with van der Waals surface area (Å²) in [5.74, 6) is 1.03. The van der Waals surface area contributed by atoms with Crippen molar-refractivity contribution in [1.82, 2.24) is 15.1 Å². The number of nitrogens with zero attached hydrogens (tertiary/aromatic N) is 2. The Bertz CT molecular complexity index is 1330. The molecule has 4 rings (SSSR count). The Balaban J connectivity index is 1.46. The molecule has 0 bridgehead atoms. The van der Waals surface area contributed by atoms with E-state index in [1.54, 1.807) is 4.68 Å². The predicted octanol–water partition coefficient (Wildman–Crippen LogP) is 5.30. The zero-order valence-corrected chi connectivity index (χ0v) is 25.3. The van der Waals surface area contributed by atoms with Crippen LogP contribution in [0.25, 0.3) is 5.69 Å². The van der Waals surface area contributed by atoms with E-state index in [4.69, 9.17) is 9.84 Å². The molecule has 1 aromatic heterocycles. The second-order valence-electron chi connectivity index (χ2n) is 9.84. The lowest BCUT2D eigenvalue weighted by molar-refractivity contribution is -0.113. The molecule has 3 aromatic rings. The SMILES string of the molecule is CSCC(=O)Nc1c2c(nn1-c1cccc(C)c1)C[C@H](CCc1cccc(OCCCC(F)(P)P)c1)NC2=O. The molecular weight excluding hydrogens is 553 g/mol. The number of benzene rings is 2. The summed E-state index contributed by atoms with van der Waals surface area (Å²) in [6.07, 6.45) is 4.89. The molecule has 1 aliphatic rings. The van der Waals surface area contributed by atoms with Crippen LogP contribution in [0.15, 0.2) is 48.5 Å². The fraction of sp³-hybridized carbons (Fsp3) is 0.393. The zero-order chi connectivity index (χ0) is 28.0. The summed E-state index contributed by atoms with van der Waals surface area (Å²) in [7, 11) is 4.36. The number of rotatable bonds is 12. The van der Waals surface area contributed by atoms with E-state index in [-0.39, 0.29) is 23.6 Å². The van der Waals surface area contributed by atoms with Crippen molar-refractivity contribution in [2.24, 2.45) is 0 Å². The maximum absolute atomic E-state index is 13.6. The number of fused-ring (bicyclic) bond motifs is 1. The summed E-state index contributed by atoms with van der Waals surface area (Å²) >= 11 is 1.42. The zero-order valence-electron chi connectivity index (χ0n) is 22.2. The second kappa shape index (κ2) is 13.3. The average Bonchev–Trinajstić information content (AvgIpc) is 3.24. The van der Waals surface area contributed by atoms with Crippen LogP contribution < -0.4 is 15.4 Å². The molecule has 2 amide bonds. The molecule has 0 spiro atoms. The maximum atomic E-state index is 13.6. The Morgan fingerprint density at radius 3 is 2.82 bits per heavy atom. The van der Waals surface area contributed by atoms with Crippen LogP contribution in [0.4, 0.5) is 10.2 Å². The molecule has 0 aliphatic carbocycles. The number of alkyl halides is 1. The van der Waals surface area contributed by atoms with E-state index in [1.165, 1.54) is 11.8 Å². The van der Waals surface area contributed by atoms with Crippen LogP contribution in [-0.4, -0.2) is 51.4 Å². The van der Waals surface area contributed by atoms with Gasteiger partial charge in [0.05, 0.1) is 23.7 Å². The smallest absolute Gasteiger partial charge is 0.257 e. The van der Waals surface area contributed by atoms with E-state index in [1.807, 2.05) is 61.7 Å².